The minimum absolute atomic E-state index is 0.0601. The minimum Gasteiger partial charge on any atom is -0.445 e. The van der Waals surface area contributed by atoms with Gasteiger partial charge in [0.25, 0.3) is 0 Å². The predicted octanol–water partition coefficient (Wildman–Crippen LogP) is 5.10. The van der Waals surface area contributed by atoms with E-state index in [2.05, 4.69) is 21.2 Å². The average molecular weight is 396 g/mol. The number of amides is 1. The lowest BCUT2D eigenvalue weighted by molar-refractivity contribution is 0.134. The second-order valence-electron chi connectivity index (χ2n) is 5.81. The number of carbonyl (C=O) groups excluding carboxylic acids is 1. The molecular weight excluding hydrogens is 380 g/mol. The third kappa shape index (κ3) is 4.12. The molecule has 0 radical (unpaired) electrons. The SMILES string of the molecule is O=C(NC(c1cc(F)c(Br)cc1F)C1CC1)OCc1ccccc1. The third-order valence-electron chi connectivity index (χ3n) is 3.95. The Kier molecular flexibility index (Phi) is 5.14. The Hall–Kier alpha value is -1.95. The van der Waals surface area contributed by atoms with Crippen molar-refractivity contribution in [2.45, 2.75) is 25.5 Å². The van der Waals surface area contributed by atoms with E-state index in [0.29, 0.717) is 0 Å². The highest BCUT2D eigenvalue weighted by Crippen LogP contribution is 2.42. The van der Waals surface area contributed by atoms with Gasteiger partial charge < -0.3 is 10.1 Å². The van der Waals surface area contributed by atoms with Gasteiger partial charge in [-0.2, -0.15) is 0 Å². The monoisotopic (exact) mass is 395 g/mol. The molecule has 1 unspecified atom stereocenters. The largest absolute Gasteiger partial charge is 0.445 e. The summed E-state index contributed by atoms with van der Waals surface area (Å²) in [5.74, 6) is -1.01. The highest BCUT2D eigenvalue weighted by molar-refractivity contribution is 9.10. The molecule has 1 fully saturated rings. The number of rotatable bonds is 5. The van der Waals surface area contributed by atoms with Crippen molar-refractivity contribution in [3.05, 3.63) is 69.7 Å². The van der Waals surface area contributed by atoms with E-state index in [1.54, 1.807) is 0 Å². The molecule has 3 nitrogen and oxygen atoms in total. The van der Waals surface area contributed by atoms with Crippen LogP contribution in [-0.4, -0.2) is 6.09 Å². The van der Waals surface area contributed by atoms with Gasteiger partial charge in [0, 0.05) is 5.56 Å². The molecule has 0 spiro atoms. The zero-order valence-corrected chi connectivity index (χ0v) is 14.4. The molecule has 6 heteroatoms. The average Bonchev–Trinajstić information content (AvgIpc) is 3.40. The molecule has 1 aliphatic carbocycles. The van der Waals surface area contributed by atoms with Gasteiger partial charge in [0.2, 0.25) is 0 Å². The number of ether oxygens (including phenoxy) is 1. The van der Waals surface area contributed by atoms with Crippen LogP contribution in [0.3, 0.4) is 0 Å². The lowest BCUT2D eigenvalue weighted by Gasteiger charge is -2.19. The summed E-state index contributed by atoms with van der Waals surface area (Å²) in [7, 11) is 0. The van der Waals surface area contributed by atoms with Gasteiger partial charge in [-0.25, -0.2) is 13.6 Å². The van der Waals surface area contributed by atoms with Crippen molar-refractivity contribution in [3.63, 3.8) is 0 Å². The van der Waals surface area contributed by atoms with Crippen LogP contribution in [0.1, 0.15) is 30.0 Å². The summed E-state index contributed by atoms with van der Waals surface area (Å²) >= 11 is 2.96. The van der Waals surface area contributed by atoms with Crippen molar-refractivity contribution in [3.8, 4) is 0 Å². The lowest BCUT2D eigenvalue weighted by atomic mass is 10.0. The number of benzene rings is 2. The van der Waals surface area contributed by atoms with E-state index in [1.807, 2.05) is 30.3 Å². The molecule has 1 saturated carbocycles. The lowest BCUT2D eigenvalue weighted by Crippen LogP contribution is -2.31. The molecule has 0 bridgehead atoms. The van der Waals surface area contributed by atoms with Crippen LogP contribution in [0, 0.1) is 17.6 Å². The van der Waals surface area contributed by atoms with Crippen LogP contribution < -0.4 is 5.32 Å². The molecule has 0 aromatic heterocycles. The van der Waals surface area contributed by atoms with Crippen LogP contribution >= 0.6 is 15.9 Å². The molecule has 1 N–H and O–H groups in total. The molecule has 2 aromatic rings. The third-order valence-corrected chi connectivity index (χ3v) is 4.56. The maximum Gasteiger partial charge on any atom is 0.407 e. The summed E-state index contributed by atoms with van der Waals surface area (Å²) in [6.07, 6.45) is 1.08. The molecule has 0 saturated heterocycles. The highest BCUT2D eigenvalue weighted by Gasteiger charge is 2.35. The molecule has 0 aliphatic heterocycles. The fourth-order valence-electron chi connectivity index (χ4n) is 2.55. The Morgan fingerprint density at radius 2 is 1.92 bits per heavy atom. The number of hydrogen-bond acceptors (Lipinski definition) is 2. The number of hydrogen-bond donors (Lipinski definition) is 1. The van der Waals surface area contributed by atoms with Gasteiger partial charge in [-0.05, 0) is 52.4 Å². The predicted molar refractivity (Wildman–Crippen MR) is 89.3 cm³/mol. The van der Waals surface area contributed by atoms with Gasteiger partial charge in [0.05, 0.1) is 10.5 Å². The molecule has 1 amide bonds. The summed E-state index contributed by atoms with van der Waals surface area (Å²) in [5, 5.41) is 2.67. The maximum atomic E-state index is 14.2. The van der Waals surface area contributed by atoms with E-state index in [-0.39, 0.29) is 22.6 Å². The van der Waals surface area contributed by atoms with Gasteiger partial charge in [0.1, 0.15) is 18.2 Å². The van der Waals surface area contributed by atoms with Gasteiger partial charge in [-0.1, -0.05) is 30.3 Å². The molecular formula is C18H16BrF2NO2. The van der Waals surface area contributed by atoms with E-state index in [0.717, 1.165) is 30.5 Å². The number of nitrogens with one attached hydrogen (secondary N) is 1. The molecule has 0 heterocycles. The molecule has 3 rings (SSSR count). The van der Waals surface area contributed by atoms with E-state index in [4.69, 9.17) is 4.74 Å². The molecule has 1 aliphatic rings. The second-order valence-corrected chi connectivity index (χ2v) is 6.66. The van der Waals surface area contributed by atoms with Gasteiger partial charge in [0.15, 0.2) is 0 Å². The summed E-state index contributed by atoms with van der Waals surface area (Å²) in [6.45, 7) is 0.126. The van der Waals surface area contributed by atoms with Crippen molar-refractivity contribution >= 4 is 22.0 Å². The molecule has 2 aromatic carbocycles. The van der Waals surface area contributed by atoms with Gasteiger partial charge in [-0.3, -0.25) is 0 Å². The molecule has 24 heavy (non-hydrogen) atoms. The summed E-state index contributed by atoms with van der Waals surface area (Å²) in [6, 6.07) is 10.9. The standard InChI is InChI=1S/C18H16BrF2NO2/c19-14-9-15(20)13(8-16(14)21)17(12-6-7-12)22-18(23)24-10-11-4-2-1-3-5-11/h1-5,8-9,12,17H,6-7,10H2,(H,22,23). The Labute approximate surface area is 147 Å². The first kappa shape index (κ1) is 16.9. The van der Waals surface area contributed by atoms with E-state index < -0.39 is 23.8 Å². The van der Waals surface area contributed by atoms with Crippen molar-refractivity contribution in [2.75, 3.05) is 0 Å². The van der Waals surface area contributed by atoms with Crippen molar-refractivity contribution in [1.29, 1.82) is 0 Å². The van der Waals surface area contributed by atoms with Gasteiger partial charge in [-0.15, -0.1) is 0 Å². The first-order valence-corrected chi connectivity index (χ1v) is 8.45. The van der Waals surface area contributed by atoms with Crippen LogP contribution in [0.25, 0.3) is 0 Å². The zero-order valence-electron chi connectivity index (χ0n) is 12.8. The van der Waals surface area contributed by atoms with Crippen LogP contribution in [0.15, 0.2) is 46.9 Å². The first-order chi connectivity index (χ1) is 11.5. The summed E-state index contributed by atoms with van der Waals surface area (Å²) in [5.41, 5.74) is 1.01. The summed E-state index contributed by atoms with van der Waals surface area (Å²) in [4.78, 5) is 12.0. The Morgan fingerprint density at radius 3 is 2.58 bits per heavy atom. The van der Waals surface area contributed by atoms with Crippen LogP contribution in [0.5, 0.6) is 0 Å². The van der Waals surface area contributed by atoms with Crippen LogP contribution in [0.4, 0.5) is 13.6 Å². The smallest absolute Gasteiger partial charge is 0.407 e. The number of alkyl carbamates (subject to hydrolysis) is 1. The first-order valence-electron chi connectivity index (χ1n) is 7.66. The quantitative estimate of drug-likeness (QED) is 0.714. The number of halogens is 3. The second kappa shape index (κ2) is 7.30. The number of carbonyl (C=O) groups is 1. The normalized spacial score (nSPS) is 15.0. The van der Waals surface area contributed by atoms with Gasteiger partial charge >= 0.3 is 6.09 Å². The highest BCUT2D eigenvalue weighted by atomic mass is 79.9. The maximum absolute atomic E-state index is 14.2. The van der Waals surface area contributed by atoms with E-state index >= 15 is 0 Å². The Morgan fingerprint density at radius 1 is 1.21 bits per heavy atom. The Balaban J connectivity index is 1.68. The van der Waals surface area contributed by atoms with Crippen LogP contribution in [-0.2, 0) is 11.3 Å². The van der Waals surface area contributed by atoms with Crippen molar-refractivity contribution in [2.24, 2.45) is 5.92 Å². The minimum atomic E-state index is -0.640. The zero-order chi connectivity index (χ0) is 17.1. The molecule has 1 atom stereocenters. The van der Waals surface area contributed by atoms with Crippen molar-refractivity contribution < 1.29 is 18.3 Å². The van der Waals surface area contributed by atoms with Crippen molar-refractivity contribution in [1.82, 2.24) is 5.32 Å². The molecule has 126 valence electrons. The Bertz CT molecular complexity index is 735. The van der Waals surface area contributed by atoms with E-state index in [9.17, 15) is 13.6 Å². The summed E-state index contributed by atoms with van der Waals surface area (Å²) < 4.78 is 33.2. The fourth-order valence-corrected chi connectivity index (χ4v) is 2.86. The van der Waals surface area contributed by atoms with E-state index in [1.165, 1.54) is 0 Å². The fraction of sp³-hybridized carbons (Fsp3) is 0.278. The van der Waals surface area contributed by atoms with Crippen LogP contribution in [0.2, 0.25) is 0 Å². The topological polar surface area (TPSA) is 38.3 Å².